The number of nitrogens with zero attached hydrogens (tertiary/aromatic N) is 2. The summed E-state index contributed by atoms with van der Waals surface area (Å²) in [5.41, 5.74) is 2.61. The Morgan fingerprint density at radius 2 is 1.90 bits per heavy atom. The van der Waals surface area contributed by atoms with E-state index in [1.807, 2.05) is 39.8 Å². The van der Waals surface area contributed by atoms with E-state index in [2.05, 4.69) is 16.7 Å². The maximum absolute atomic E-state index is 13.3. The molecule has 150 valence electrons. The van der Waals surface area contributed by atoms with Crippen molar-refractivity contribution in [2.45, 2.75) is 33.7 Å². The quantitative estimate of drug-likeness (QED) is 0.653. The molecular formula is C22H23FN4O2. The zero-order chi connectivity index (χ0) is 21.1. The summed E-state index contributed by atoms with van der Waals surface area (Å²) >= 11 is 0. The fourth-order valence-electron chi connectivity index (χ4n) is 3.18. The van der Waals surface area contributed by atoms with Crippen LogP contribution in [-0.2, 0) is 4.79 Å². The molecule has 0 saturated carbocycles. The molecular weight excluding hydrogens is 371 g/mol. The average Bonchev–Trinajstić information content (AvgIpc) is 3.23. The van der Waals surface area contributed by atoms with E-state index < -0.39 is 0 Å². The van der Waals surface area contributed by atoms with Crippen LogP contribution in [0.15, 0.2) is 40.8 Å². The summed E-state index contributed by atoms with van der Waals surface area (Å²) in [4.78, 5) is 12.6. The first-order valence-corrected chi connectivity index (χ1v) is 9.29. The number of carbonyl (C=O) groups is 1. The second-order valence-corrected chi connectivity index (χ2v) is 6.96. The highest BCUT2D eigenvalue weighted by atomic mass is 19.1. The molecule has 0 aliphatic heterocycles. The molecule has 0 aliphatic carbocycles. The van der Waals surface area contributed by atoms with E-state index in [1.165, 1.54) is 12.1 Å². The molecule has 1 aromatic carbocycles. The Labute approximate surface area is 168 Å². The third kappa shape index (κ3) is 4.23. The van der Waals surface area contributed by atoms with Gasteiger partial charge in [0.1, 0.15) is 29.2 Å². The van der Waals surface area contributed by atoms with Crippen molar-refractivity contribution in [3.05, 3.63) is 70.6 Å². The zero-order valence-electron chi connectivity index (χ0n) is 16.8. The van der Waals surface area contributed by atoms with Crippen molar-refractivity contribution in [1.82, 2.24) is 9.88 Å². The van der Waals surface area contributed by atoms with E-state index in [9.17, 15) is 14.4 Å². The number of benzene rings is 1. The first-order valence-electron chi connectivity index (χ1n) is 9.29. The molecule has 3 rings (SSSR count). The Kier molecular flexibility index (Phi) is 5.85. The van der Waals surface area contributed by atoms with Crippen molar-refractivity contribution in [1.29, 1.82) is 5.26 Å². The monoisotopic (exact) mass is 394 g/mol. The molecule has 0 bridgehead atoms. The Bertz CT molecular complexity index is 1070. The van der Waals surface area contributed by atoms with Gasteiger partial charge in [-0.3, -0.25) is 14.7 Å². The number of carbonyl (C=O) groups excluding carboxylic acids is 1. The first-order chi connectivity index (χ1) is 13.8. The van der Waals surface area contributed by atoms with Gasteiger partial charge in [-0.05, 0) is 69.7 Å². The zero-order valence-corrected chi connectivity index (χ0v) is 16.8. The smallest absolute Gasteiger partial charge is 0.239 e. The van der Waals surface area contributed by atoms with Crippen LogP contribution in [0.25, 0.3) is 5.69 Å². The highest BCUT2D eigenvalue weighted by Gasteiger charge is 2.21. The third-order valence-corrected chi connectivity index (χ3v) is 4.92. The predicted molar refractivity (Wildman–Crippen MR) is 108 cm³/mol. The fraction of sp³-hybridized carbons (Fsp3) is 0.273. The van der Waals surface area contributed by atoms with E-state index >= 15 is 0 Å². The number of halogens is 1. The average molecular weight is 394 g/mol. The number of nitriles is 1. The van der Waals surface area contributed by atoms with Gasteiger partial charge in [-0.25, -0.2) is 4.39 Å². The molecule has 3 aromatic rings. The molecule has 1 atom stereocenters. The summed E-state index contributed by atoms with van der Waals surface area (Å²) < 4.78 is 20.7. The van der Waals surface area contributed by atoms with Crippen molar-refractivity contribution >= 4 is 11.7 Å². The molecule has 7 heteroatoms. The van der Waals surface area contributed by atoms with Crippen LogP contribution < -0.4 is 10.6 Å². The van der Waals surface area contributed by atoms with Gasteiger partial charge in [0.15, 0.2) is 0 Å². The fourth-order valence-corrected chi connectivity index (χ4v) is 3.18. The first kappa shape index (κ1) is 20.4. The van der Waals surface area contributed by atoms with E-state index in [0.29, 0.717) is 17.1 Å². The van der Waals surface area contributed by atoms with Crippen LogP contribution in [0.5, 0.6) is 0 Å². The lowest BCUT2D eigenvalue weighted by molar-refractivity contribution is -0.115. The molecule has 29 heavy (non-hydrogen) atoms. The lowest BCUT2D eigenvalue weighted by Crippen LogP contribution is -2.30. The van der Waals surface area contributed by atoms with Gasteiger partial charge in [-0.2, -0.15) is 5.26 Å². The van der Waals surface area contributed by atoms with E-state index in [0.717, 1.165) is 22.8 Å². The van der Waals surface area contributed by atoms with Gasteiger partial charge >= 0.3 is 0 Å². The number of aromatic nitrogens is 1. The number of aryl methyl sites for hydroxylation is 1. The van der Waals surface area contributed by atoms with Gasteiger partial charge in [-0.15, -0.1) is 0 Å². The SMILES string of the molecule is Cc1ccc(C(C)NCC(=O)Nc2c(C#N)c(C)c(C)n2-c2ccc(F)cc2)o1. The van der Waals surface area contributed by atoms with E-state index in [-0.39, 0.29) is 24.3 Å². The van der Waals surface area contributed by atoms with Crippen molar-refractivity contribution in [2.24, 2.45) is 0 Å². The van der Waals surface area contributed by atoms with Crippen LogP contribution in [0, 0.1) is 37.9 Å². The Hall–Kier alpha value is -3.37. The molecule has 1 amide bonds. The minimum Gasteiger partial charge on any atom is -0.465 e. The summed E-state index contributed by atoms with van der Waals surface area (Å²) in [5.74, 6) is 1.28. The minimum absolute atomic E-state index is 0.0402. The van der Waals surface area contributed by atoms with Gasteiger partial charge in [0.05, 0.1) is 18.2 Å². The summed E-state index contributed by atoms with van der Waals surface area (Å²) in [7, 11) is 0. The molecule has 2 N–H and O–H groups in total. The highest BCUT2D eigenvalue weighted by molar-refractivity contribution is 5.93. The molecule has 1 unspecified atom stereocenters. The van der Waals surface area contributed by atoms with Crippen LogP contribution in [0.2, 0.25) is 0 Å². The third-order valence-electron chi connectivity index (χ3n) is 4.92. The standard InChI is InChI=1S/C22H23FN4O2/c1-13-5-10-20(29-13)15(3)25-12-21(28)26-22-19(11-24)14(2)16(4)27(22)18-8-6-17(23)7-9-18/h5-10,15,25H,12H2,1-4H3,(H,26,28). The van der Waals surface area contributed by atoms with Gasteiger partial charge < -0.3 is 9.73 Å². The lowest BCUT2D eigenvalue weighted by atomic mass is 10.2. The summed E-state index contributed by atoms with van der Waals surface area (Å²) in [6.07, 6.45) is 0. The number of hydrogen-bond donors (Lipinski definition) is 2. The molecule has 0 radical (unpaired) electrons. The molecule has 0 saturated heterocycles. The molecule has 2 aromatic heterocycles. The number of anilines is 1. The maximum Gasteiger partial charge on any atom is 0.239 e. The van der Waals surface area contributed by atoms with Gasteiger partial charge in [0, 0.05) is 11.4 Å². The van der Waals surface area contributed by atoms with Gasteiger partial charge in [0.25, 0.3) is 0 Å². The van der Waals surface area contributed by atoms with Crippen molar-refractivity contribution in [2.75, 3.05) is 11.9 Å². The Balaban J connectivity index is 1.82. The van der Waals surface area contributed by atoms with E-state index in [4.69, 9.17) is 4.42 Å². The number of hydrogen-bond acceptors (Lipinski definition) is 4. The number of nitrogens with one attached hydrogen (secondary N) is 2. The Morgan fingerprint density at radius 3 is 2.48 bits per heavy atom. The van der Waals surface area contributed by atoms with Crippen LogP contribution in [0.1, 0.15) is 41.3 Å². The minimum atomic E-state index is -0.354. The number of furan rings is 1. The predicted octanol–water partition coefficient (Wildman–Crippen LogP) is 4.30. The van der Waals surface area contributed by atoms with E-state index in [1.54, 1.807) is 16.7 Å². The molecule has 0 aliphatic rings. The molecule has 2 heterocycles. The van der Waals surface area contributed by atoms with Gasteiger partial charge in [-0.1, -0.05) is 0 Å². The second-order valence-electron chi connectivity index (χ2n) is 6.96. The van der Waals surface area contributed by atoms with Crippen molar-refractivity contribution in [3.63, 3.8) is 0 Å². The molecule has 6 nitrogen and oxygen atoms in total. The molecule has 0 spiro atoms. The maximum atomic E-state index is 13.3. The van der Waals surface area contributed by atoms with Crippen molar-refractivity contribution < 1.29 is 13.6 Å². The highest BCUT2D eigenvalue weighted by Crippen LogP contribution is 2.30. The van der Waals surface area contributed by atoms with Crippen LogP contribution in [0.3, 0.4) is 0 Å². The largest absolute Gasteiger partial charge is 0.465 e. The lowest BCUT2D eigenvalue weighted by Gasteiger charge is -2.15. The summed E-state index contributed by atoms with van der Waals surface area (Å²) in [5, 5.41) is 15.5. The normalized spacial score (nSPS) is 11.9. The summed E-state index contributed by atoms with van der Waals surface area (Å²) in [6.45, 7) is 7.48. The second kappa shape index (κ2) is 8.33. The van der Waals surface area contributed by atoms with Gasteiger partial charge in [0.2, 0.25) is 5.91 Å². The number of rotatable bonds is 6. The van der Waals surface area contributed by atoms with Crippen molar-refractivity contribution in [3.8, 4) is 11.8 Å². The topological polar surface area (TPSA) is 83.0 Å². The Morgan fingerprint density at radius 1 is 1.21 bits per heavy atom. The summed E-state index contributed by atoms with van der Waals surface area (Å²) in [6, 6.07) is 11.7. The van der Waals surface area contributed by atoms with Crippen LogP contribution in [0.4, 0.5) is 10.2 Å². The van der Waals surface area contributed by atoms with Crippen LogP contribution >= 0.6 is 0 Å². The van der Waals surface area contributed by atoms with Crippen LogP contribution in [-0.4, -0.2) is 17.0 Å². The number of amides is 1. The molecule has 0 fully saturated rings.